The molecular weight excluding hydrogens is 500 g/mol. The van der Waals surface area contributed by atoms with Gasteiger partial charge in [0.15, 0.2) is 0 Å². The predicted molar refractivity (Wildman–Crippen MR) is 124 cm³/mol. The number of hydrazone groups is 1. The number of anilines is 1. The van der Waals surface area contributed by atoms with E-state index in [1.807, 2.05) is 35.7 Å². The van der Waals surface area contributed by atoms with E-state index in [9.17, 15) is 13.6 Å². The van der Waals surface area contributed by atoms with Crippen LogP contribution < -0.4 is 10.2 Å². The number of nitrogens with one attached hydrogen (secondary N) is 1. The second-order valence-electron chi connectivity index (χ2n) is 6.44. The van der Waals surface area contributed by atoms with E-state index >= 15 is 0 Å². The van der Waals surface area contributed by atoms with Gasteiger partial charge in [0, 0.05) is 21.0 Å². The van der Waals surface area contributed by atoms with Gasteiger partial charge in [0.1, 0.15) is 22.9 Å². The summed E-state index contributed by atoms with van der Waals surface area (Å²) < 4.78 is 33.7. The van der Waals surface area contributed by atoms with Crippen LogP contribution in [0.1, 0.15) is 15.9 Å². The van der Waals surface area contributed by atoms with Crippen LogP contribution in [0.25, 0.3) is 11.3 Å². The standard InChI is InChI=1S/C23H14BrF2N3O2S/c24-16-9-10-20(31-22(30)21-17(25)7-4-8-18(21)26)15(11-16)12-27-29-23-28-19(13-32-23)14-5-2-1-3-6-14/h1-13H,(H,28,29). The lowest BCUT2D eigenvalue weighted by molar-refractivity contribution is 0.0724. The molecule has 1 N–H and O–H groups in total. The van der Waals surface area contributed by atoms with Gasteiger partial charge in [-0.25, -0.2) is 18.6 Å². The van der Waals surface area contributed by atoms with Gasteiger partial charge in [0.2, 0.25) is 5.13 Å². The van der Waals surface area contributed by atoms with Crippen molar-refractivity contribution in [1.29, 1.82) is 0 Å². The molecule has 0 radical (unpaired) electrons. The van der Waals surface area contributed by atoms with E-state index in [-0.39, 0.29) is 5.75 Å². The zero-order valence-electron chi connectivity index (χ0n) is 16.3. The number of carbonyl (C=O) groups is 1. The molecule has 1 heterocycles. The van der Waals surface area contributed by atoms with Crippen LogP contribution in [0.3, 0.4) is 0 Å². The number of aromatic nitrogens is 1. The van der Waals surface area contributed by atoms with E-state index < -0.39 is 23.2 Å². The van der Waals surface area contributed by atoms with E-state index in [1.54, 1.807) is 12.1 Å². The molecule has 4 rings (SSSR count). The van der Waals surface area contributed by atoms with Crippen molar-refractivity contribution in [2.75, 3.05) is 5.43 Å². The van der Waals surface area contributed by atoms with Gasteiger partial charge in [-0.05, 0) is 30.3 Å². The third-order valence-electron chi connectivity index (χ3n) is 4.28. The van der Waals surface area contributed by atoms with Crippen LogP contribution in [0, 0.1) is 11.6 Å². The smallest absolute Gasteiger partial charge is 0.349 e. The number of benzene rings is 3. The average Bonchev–Trinajstić information content (AvgIpc) is 3.25. The Morgan fingerprint density at radius 1 is 1.06 bits per heavy atom. The lowest BCUT2D eigenvalue weighted by Gasteiger charge is -2.09. The summed E-state index contributed by atoms with van der Waals surface area (Å²) in [7, 11) is 0. The summed E-state index contributed by atoms with van der Waals surface area (Å²) in [6.07, 6.45) is 1.43. The van der Waals surface area contributed by atoms with Crippen molar-refractivity contribution in [3.05, 3.63) is 99.3 Å². The average molecular weight is 514 g/mol. The maximum atomic E-state index is 13.9. The molecule has 0 unspecified atom stereocenters. The van der Waals surface area contributed by atoms with E-state index in [0.717, 1.165) is 23.4 Å². The molecule has 0 saturated heterocycles. The van der Waals surface area contributed by atoms with Gasteiger partial charge in [-0.15, -0.1) is 11.3 Å². The molecule has 160 valence electrons. The minimum Gasteiger partial charge on any atom is -0.422 e. The van der Waals surface area contributed by atoms with Gasteiger partial charge in [0.25, 0.3) is 0 Å². The normalized spacial score (nSPS) is 11.0. The quantitative estimate of drug-likeness (QED) is 0.138. The molecule has 32 heavy (non-hydrogen) atoms. The number of ether oxygens (including phenoxy) is 1. The lowest BCUT2D eigenvalue weighted by atomic mass is 10.2. The molecule has 0 aliphatic rings. The third kappa shape index (κ3) is 5.06. The van der Waals surface area contributed by atoms with Crippen molar-refractivity contribution >= 4 is 44.6 Å². The molecule has 0 bridgehead atoms. The number of carbonyl (C=O) groups excluding carboxylic acids is 1. The molecule has 0 aliphatic carbocycles. The van der Waals surface area contributed by atoms with Crippen LogP contribution in [0.5, 0.6) is 5.75 Å². The lowest BCUT2D eigenvalue weighted by Crippen LogP contribution is -2.14. The molecular formula is C23H14BrF2N3O2S. The first-order chi connectivity index (χ1) is 15.5. The van der Waals surface area contributed by atoms with Crippen molar-refractivity contribution in [3.8, 4) is 17.0 Å². The first-order valence-electron chi connectivity index (χ1n) is 9.27. The van der Waals surface area contributed by atoms with Gasteiger partial charge in [-0.2, -0.15) is 5.10 Å². The molecule has 3 aromatic carbocycles. The van der Waals surface area contributed by atoms with Crippen LogP contribution in [0.2, 0.25) is 0 Å². The summed E-state index contributed by atoms with van der Waals surface area (Å²) in [4.78, 5) is 16.8. The summed E-state index contributed by atoms with van der Waals surface area (Å²) in [5.41, 5.74) is 4.30. The van der Waals surface area contributed by atoms with Crippen LogP contribution in [-0.4, -0.2) is 17.2 Å². The van der Waals surface area contributed by atoms with Gasteiger partial charge in [-0.3, -0.25) is 5.43 Å². The maximum absolute atomic E-state index is 13.9. The zero-order valence-corrected chi connectivity index (χ0v) is 18.7. The Labute approximate surface area is 194 Å². The Kier molecular flexibility index (Phi) is 6.67. The van der Waals surface area contributed by atoms with Crippen molar-refractivity contribution < 1.29 is 18.3 Å². The van der Waals surface area contributed by atoms with Gasteiger partial charge >= 0.3 is 5.97 Å². The molecule has 0 fully saturated rings. The first kappa shape index (κ1) is 21.8. The van der Waals surface area contributed by atoms with E-state index in [0.29, 0.717) is 15.2 Å². The Balaban J connectivity index is 1.51. The largest absolute Gasteiger partial charge is 0.422 e. The molecule has 5 nitrogen and oxygen atoms in total. The number of esters is 1. The molecule has 0 saturated carbocycles. The minimum atomic E-state index is -1.14. The number of rotatable bonds is 6. The molecule has 0 amide bonds. The SMILES string of the molecule is O=C(Oc1ccc(Br)cc1C=NNc1nc(-c2ccccc2)cs1)c1c(F)cccc1F. The fraction of sp³-hybridized carbons (Fsp3) is 0. The highest BCUT2D eigenvalue weighted by atomic mass is 79.9. The summed E-state index contributed by atoms with van der Waals surface area (Å²) >= 11 is 4.73. The first-order valence-corrected chi connectivity index (χ1v) is 10.9. The second-order valence-corrected chi connectivity index (χ2v) is 8.22. The summed E-state index contributed by atoms with van der Waals surface area (Å²) in [5, 5.41) is 6.62. The minimum absolute atomic E-state index is 0.0931. The number of halogens is 3. The van der Waals surface area contributed by atoms with Crippen LogP contribution in [-0.2, 0) is 0 Å². The van der Waals surface area contributed by atoms with Gasteiger partial charge in [0.05, 0.1) is 11.9 Å². The summed E-state index contributed by atoms with van der Waals surface area (Å²) in [6.45, 7) is 0. The third-order valence-corrected chi connectivity index (χ3v) is 5.52. The van der Waals surface area contributed by atoms with Crippen LogP contribution in [0.15, 0.2) is 81.7 Å². The highest BCUT2D eigenvalue weighted by Crippen LogP contribution is 2.26. The maximum Gasteiger partial charge on any atom is 0.349 e. The highest BCUT2D eigenvalue weighted by Gasteiger charge is 2.20. The summed E-state index contributed by atoms with van der Waals surface area (Å²) in [5.74, 6) is -3.04. The van der Waals surface area contributed by atoms with E-state index in [1.165, 1.54) is 29.7 Å². The number of thiazole rings is 1. The van der Waals surface area contributed by atoms with Crippen LogP contribution >= 0.6 is 27.3 Å². The monoisotopic (exact) mass is 513 g/mol. The van der Waals surface area contributed by atoms with Crippen LogP contribution in [0.4, 0.5) is 13.9 Å². The fourth-order valence-electron chi connectivity index (χ4n) is 2.78. The number of nitrogens with zero attached hydrogens (tertiary/aromatic N) is 2. The van der Waals surface area contributed by atoms with Crippen molar-refractivity contribution in [2.24, 2.45) is 5.10 Å². The van der Waals surface area contributed by atoms with Crippen molar-refractivity contribution in [2.45, 2.75) is 0 Å². The predicted octanol–water partition coefficient (Wildman–Crippen LogP) is 6.52. The Bertz CT molecular complexity index is 1280. The Hall–Kier alpha value is -3.43. The van der Waals surface area contributed by atoms with E-state index in [4.69, 9.17) is 4.74 Å². The number of hydrogen-bond acceptors (Lipinski definition) is 6. The molecule has 0 spiro atoms. The fourth-order valence-corrected chi connectivity index (χ4v) is 3.83. The van der Waals surface area contributed by atoms with Gasteiger partial charge in [-0.1, -0.05) is 52.3 Å². The van der Waals surface area contributed by atoms with E-state index in [2.05, 4.69) is 31.4 Å². The van der Waals surface area contributed by atoms with Crippen molar-refractivity contribution in [3.63, 3.8) is 0 Å². The molecule has 0 aliphatic heterocycles. The van der Waals surface area contributed by atoms with Crippen molar-refractivity contribution in [1.82, 2.24) is 4.98 Å². The molecule has 4 aromatic rings. The molecule has 0 atom stereocenters. The van der Waals surface area contributed by atoms with Gasteiger partial charge < -0.3 is 4.74 Å². The Morgan fingerprint density at radius 2 is 1.81 bits per heavy atom. The highest BCUT2D eigenvalue weighted by molar-refractivity contribution is 9.10. The number of hydrogen-bond donors (Lipinski definition) is 1. The zero-order chi connectivity index (χ0) is 22.5. The molecule has 9 heteroatoms. The topological polar surface area (TPSA) is 63.6 Å². The summed E-state index contributed by atoms with van der Waals surface area (Å²) in [6, 6.07) is 17.7. The second kappa shape index (κ2) is 9.80. The Morgan fingerprint density at radius 3 is 2.56 bits per heavy atom. The molecule has 1 aromatic heterocycles.